The van der Waals surface area contributed by atoms with Crippen molar-refractivity contribution in [3.05, 3.63) is 77.2 Å². The van der Waals surface area contributed by atoms with Crippen molar-refractivity contribution in [1.82, 2.24) is 19.3 Å². The minimum Gasteiger partial charge on any atom is -0.453 e. The summed E-state index contributed by atoms with van der Waals surface area (Å²) in [5.41, 5.74) is 3.92. The number of carbonyl (C=O) groups excluding carboxylic acids is 1. The lowest BCUT2D eigenvalue weighted by atomic mass is 10.0. The predicted octanol–water partition coefficient (Wildman–Crippen LogP) is 4.97. The fourth-order valence-electron chi connectivity index (χ4n) is 4.53. The zero-order chi connectivity index (χ0) is 25.4. The first-order valence-electron chi connectivity index (χ1n) is 11.7. The summed E-state index contributed by atoms with van der Waals surface area (Å²) in [6.07, 6.45) is 2.96. The molecular weight excluding hydrogens is 466 g/mol. The maximum atomic E-state index is 15.5. The Labute approximate surface area is 207 Å². The van der Waals surface area contributed by atoms with Crippen LogP contribution in [0.15, 0.2) is 48.8 Å². The molecule has 186 valence electrons. The number of amides is 1. The molecule has 0 radical (unpaired) electrons. The SMILES string of the molecule is COC(=O)N1CCOC(Cc2c(-c3c(F)cc(-c4ccc(C)cn4)cc3F)nc3cc(C)ccn23)C1. The van der Waals surface area contributed by atoms with E-state index in [0.717, 1.165) is 11.1 Å². The quantitative estimate of drug-likeness (QED) is 0.403. The number of rotatable bonds is 4. The number of morpholine rings is 1. The standard InChI is InChI=1S/C27H26F2N4O3/c1-16-6-7-33-23(13-19-15-32(8-9-36-19)27(34)35-3)26(31-24(33)10-16)25-20(28)11-18(12-21(25)29)22-5-4-17(2)14-30-22/h4-7,10-12,14,19H,8-9,13,15H2,1-3H3. The summed E-state index contributed by atoms with van der Waals surface area (Å²) in [7, 11) is 1.33. The van der Waals surface area contributed by atoms with Crippen molar-refractivity contribution in [3.8, 4) is 22.5 Å². The first kappa shape index (κ1) is 23.9. The molecule has 9 heteroatoms. The largest absolute Gasteiger partial charge is 0.453 e. The van der Waals surface area contributed by atoms with Crippen molar-refractivity contribution in [2.45, 2.75) is 26.4 Å². The van der Waals surface area contributed by atoms with Crippen LogP contribution in [-0.4, -0.2) is 58.3 Å². The van der Waals surface area contributed by atoms with E-state index in [2.05, 4.69) is 9.97 Å². The van der Waals surface area contributed by atoms with Crippen LogP contribution in [0.4, 0.5) is 13.6 Å². The van der Waals surface area contributed by atoms with Crippen molar-refractivity contribution in [3.63, 3.8) is 0 Å². The lowest BCUT2D eigenvalue weighted by Gasteiger charge is -2.32. The number of benzene rings is 1. The van der Waals surface area contributed by atoms with Crippen LogP contribution in [0.5, 0.6) is 0 Å². The molecule has 1 atom stereocenters. The van der Waals surface area contributed by atoms with Crippen LogP contribution in [0.3, 0.4) is 0 Å². The van der Waals surface area contributed by atoms with E-state index in [-0.39, 0.29) is 17.4 Å². The monoisotopic (exact) mass is 492 g/mol. The third kappa shape index (κ3) is 4.54. The Bertz CT molecular complexity index is 1410. The van der Waals surface area contributed by atoms with Crippen LogP contribution in [-0.2, 0) is 15.9 Å². The van der Waals surface area contributed by atoms with Gasteiger partial charge in [0.15, 0.2) is 0 Å². The number of pyridine rings is 2. The number of halogens is 2. The summed E-state index contributed by atoms with van der Waals surface area (Å²) >= 11 is 0. The van der Waals surface area contributed by atoms with Gasteiger partial charge in [-0.2, -0.15) is 0 Å². The first-order chi connectivity index (χ1) is 17.3. The van der Waals surface area contributed by atoms with E-state index in [4.69, 9.17) is 9.47 Å². The molecule has 5 rings (SSSR count). The third-order valence-electron chi connectivity index (χ3n) is 6.36. The van der Waals surface area contributed by atoms with Gasteiger partial charge in [-0.3, -0.25) is 4.98 Å². The maximum Gasteiger partial charge on any atom is 0.409 e. The lowest BCUT2D eigenvalue weighted by Crippen LogP contribution is -2.46. The van der Waals surface area contributed by atoms with Crippen LogP contribution in [0, 0.1) is 25.5 Å². The van der Waals surface area contributed by atoms with Crippen molar-refractivity contribution in [2.75, 3.05) is 26.8 Å². The number of methoxy groups -OCH3 is 1. The summed E-state index contributed by atoms with van der Waals surface area (Å²) in [5.74, 6) is -1.45. The van der Waals surface area contributed by atoms with Gasteiger partial charge in [0.25, 0.3) is 0 Å². The zero-order valence-corrected chi connectivity index (χ0v) is 20.3. The summed E-state index contributed by atoms with van der Waals surface area (Å²) in [5, 5.41) is 0. The number of imidazole rings is 1. The van der Waals surface area contributed by atoms with E-state index in [0.29, 0.717) is 48.7 Å². The first-order valence-corrected chi connectivity index (χ1v) is 11.7. The van der Waals surface area contributed by atoms with Crippen molar-refractivity contribution in [1.29, 1.82) is 0 Å². The van der Waals surface area contributed by atoms with E-state index >= 15 is 8.78 Å². The van der Waals surface area contributed by atoms with E-state index < -0.39 is 17.7 Å². The Kier molecular flexibility index (Phi) is 6.40. The molecule has 1 unspecified atom stereocenters. The fourth-order valence-corrected chi connectivity index (χ4v) is 4.53. The number of fused-ring (bicyclic) bond motifs is 1. The molecule has 4 aromatic rings. The van der Waals surface area contributed by atoms with Gasteiger partial charge in [0, 0.05) is 30.9 Å². The molecule has 3 aromatic heterocycles. The Morgan fingerprint density at radius 3 is 2.61 bits per heavy atom. The second kappa shape index (κ2) is 9.66. The molecule has 0 aliphatic carbocycles. The second-order valence-electron chi connectivity index (χ2n) is 8.99. The van der Waals surface area contributed by atoms with Gasteiger partial charge >= 0.3 is 6.09 Å². The summed E-state index contributed by atoms with van der Waals surface area (Å²) in [6, 6.07) is 9.90. The van der Waals surface area contributed by atoms with Gasteiger partial charge in [0.05, 0.1) is 49.0 Å². The minimum absolute atomic E-state index is 0.206. The summed E-state index contributed by atoms with van der Waals surface area (Å²) < 4.78 is 43.6. The molecule has 0 spiro atoms. The fraction of sp³-hybridized carbons (Fsp3) is 0.296. The molecule has 0 bridgehead atoms. The van der Waals surface area contributed by atoms with E-state index in [9.17, 15) is 4.79 Å². The molecule has 1 aliphatic rings. The van der Waals surface area contributed by atoms with E-state index in [1.165, 1.54) is 19.2 Å². The highest BCUT2D eigenvalue weighted by Crippen LogP contribution is 2.34. The maximum absolute atomic E-state index is 15.5. The number of nitrogens with zero attached hydrogens (tertiary/aromatic N) is 4. The molecule has 7 nitrogen and oxygen atoms in total. The third-order valence-corrected chi connectivity index (χ3v) is 6.36. The van der Waals surface area contributed by atoms with Crippen LogP contribution in [0.25, 0.3) is 28.2 Å². The Hall–Kier alpha value is -3.85. The molecule has 0 N–H and O–H groups in total. The molecular formula is C27H26F2N4O3. The smallest absolute Gasteiger partial charge is 0.409 e. The summed E-state index contributed by atoms with van der Waals surface area (Å²) in [4.78, 5) is 22.5. The van der Waals surface area contributed by atoms with Gasteiger partial charge in [0.2, 0.25) is 0 Å². The molecule has 36 heavy (non-hydrogen) atoms. The topological polar surface area (TPSA) is 69.0 Å². The molecule has 1 saturated heterocycles. The van der Waals surface area contributed by atoms with Crippen molar-refractivity contribution in [2.24, 2.45) is 0 Å². The average Bonchev–Trinajstić information content (AvgIpc) is 3.20. The van der Waals surface area contributed by atoms with Gasteiger partial charge < -0.3 is 18.8 Å². The van der Waals surface area contributed by atoms with Crippen molar-refractivity contribution < 1.29 is 23.0 Å². The number of hydrogen-bond donors (Lipinski definition) is 0. The van der Waals surface area contributed by atoms with E-state index in [1.54, 1.807) is 17.2 Å². The molecule has 0 saturated carbocycles. The molecule has 1 fully saturated rings. The zero-order valence-electron chi connectivity index (χ0n) is 20.3. The predicted molar refractivity (Wildman–Crippen MR) is 131 cm³/mol. The van der Waals surface area contributed by atoms with Gasteiger partial charge in [-0.15, -0.1) is 0 Å². The molecule has 4 heterocycles. The van der Waals surface area contributed by atoms with Crippen LogP contribution >= 0.6 is 0 Å². The number of aryl methyl sites for hydroxylation is 2. The summed E-state index contributed by atoms with van der Waals surface area (Å²) in [6.45, 7) is 4.88. The minimum atomic E-state index is -0.727. The Morgan fingerprint density at radius 1 is 1.14 bits per heavy atom. The molecule has 1 aromatic carbocycles. The van der Waals surface area contributed by atoms with Gasteiger partial charge in [-0.1, -0.05) is 6.07 Å². The highest BCUT2D eigenvalue weighted by Gasteiger charge is 2.29. The van der Waals surface area contributed by atoms with Gasteiger partial charge in [-0.25, -0.2) is 18.6 Å². The van der Waals surface area contributed by atoms with Crippen LogP contribution < -0.4 is 0 Å². The Morgan fingerprint density at radius 2 is 1.92 bits per heavy atom. The normalized spacial score (nSPS) is 15.9. The number of hydrogen-bond acceptors (Lipinski definition) is 5. The van der Waals surface area contributed by atoms with E-state index in [1.807, 2.05) is 42.6 Å². The molecule has 1 aliphatic heterocycles. The highest BCUT2D eigenvalue weighted by molar-refractivity contribution is 5.72. The number of carbonyl (C=O) groups is 1. The average molecular weight is 493 g/mol. The number of aromatic nitrogens is 3. The van der Waals surface area contributed by atoms with Crippen LogP contribution in [0.2, 0.25) is 0 Å². The van der Waals surface area contributed by atoms with Gasteiger partial charge in [-0.05, 0) is 55.3 Å². The highest BCUT2D eigenvalue weighted by atomic mass is 19.1. The number of ether oxygens (including phenoxy) is 2. The van der Waals surface area contributed by atoms with Crippen molar-refractivity contribution >= 4 is 11.7 Å². The lowest BCUT2D eigenvalue weighted by molar-refractivity contribution is -0.0241. The second-order valence-corrected chi connectivity index (χ2v) is 8.99. The Balaban J connectivity index is 1.57. The molecule has 1 amide bonds. The van der Waals surface area contributed by atoms with Crippen LogP contribution in [0.1, 0.15) is 16.8 Å². The van der Waals surface area contributed by atoms with Gasteiger partial charge in [0.1, 0.15) is 17.3 Å².